The second kappa shape index (κ2) is 13.1. The summed E-state index contributed by atoms with van der Waals surface area (Å²) in [6, 6.07) is 0. The maximum atomic E-state index is 12.0. The number of rotatable bonds is 5. The third-order valence-electron chi connectivity index (χ3n) is 4.46. The van der Waals surface area contributed by atoms with Crippen LogP contribution in [0.4, 0.5) is 13.2 Å². The highest BCUT2D eigenvalue weighted by atomic mass is 35.5. The minimum atomic E-state index is -4.47. The number of alkyl halides is 6. The first-order valence-corrected chi connectivity index (χ1v) is 11.4. The molecule has 9 nitrogen and oxygen atoms in total. The van der Waals surface area contributed by atoms with Crippen LogP contribution in [0.5, 0.6) is 0 Å². The summed E-state index contributed by atoms with van der Waals surface area (Å²) < 4.78 is 40.8. The van der Waals surface area contributed by atoms with E-state index in [0.29, 0.717) is 17.7 Å². The van der Waals surface area contributed by atoms with Gasteiger partial charge in [0.25, 0.3) is 0 Å². The molecule has 0 saturated carbocycles. The molecule has 3 heterocycles. The van der Waals surface area contributed by atoms with E-state index in [1.807, 2.05) is 30.2 Å². The standard InChI is InChI=1S/C7H12ClN3.C6H10ClN3.C5H5ClF3N3/c1-5(2)7-10-9-6(4-8)11(7)3;1-3-5-8-9-6(4-7)10(5)2;1-12-3(2-6)10-11-4(12)5(7,8)9/h5H,4H2,1-3H3;3-4H2,1-2H3;2H2,1H3. The van der Waals surface area contributed by atoms with Crippen LogP contribution < -0.4 is 0 Å². The van der Waals surface area contributed by atoms with Crippen LogP contribution in [0.1, 0.15) is 61.6 Å². The first-order valence-electron chi connectivity index (χ1n) is 9.81. The van der Waals surface area contributed by atoms with Gasteiger partial charge in [0.15, 0.2) is 0 Å². The van der Waals surface area contributed by atoms with Gasteiger partial charge >= 0.3 is 6.18 Å². The molecule has 0 radical (unpaired) electrons. The number of hydrogen-bond donors (Lipinski definition) is 0. The number of aromatic nitrogens is 9. The summed E-state index contributed by atoms with van der Waals surface area (Å²) in [5.74, 6) is 3.89. The van der Waals surface area contributed by atoms with Crippen molar-refractivity contribution in [2.75, 3.05) is 0 Å². The smallest absolute Gasteiger partial charge is 0.317 e. The molecule has 0 aromatic carbocycles. The molecule has 0 N–H and O–H groups in total. The normalized spacial score (nSPS) is 11.2. The Bertz CT molecular complexity index is 975. The van der Waals surface area contributed by atoms with Gasteiger partial charge in [-0.2, -0.15) is 13.2 Å². The van der Waals surface area contributed by atoms with Gasteiger partial charge in [-0.1, -0.05) is 20.8 Å². The van der Waals surface area contributed by atoms with E-state index in [9.17, 15) is 13.2 Å². The summed E-state index contributed by atoms with van der Waals surface area (Å²) in [5, 5.41) is 22.0. The maximum absolute atomic E-state index is 12.0. The van der Waals surface area contributed by atoms with E-state index in [0.717, 1.165) is 34.3 Å². The van der Waals surface area contributed by atoms with Gasteiger partial charge in [-0.25, -0.2) is 0 Å². The molecule has 186 valence electrons. The van der Waals surface area contributed by atoms with E-state index in [1.165, 1.54) is 7.05 Å². The molecule has 0 unspecified atom stereocenters. The summed E-state index contributed by atoms with van der Waals surface area (Å²) in [4.78, 5) is 0. The fraction of sp³-hybridized carbons (Fsp3) is 0.667. The van der Waals surface area contributed by atoms with Crippen molar-refractivity contribution in [1.29, 1.82) is 0 Å². The SMILES string of the molecule is CC(C)c1nnc(CCl)n1C.CCc1nnc(CCl)n1C.Cn1c(CCl)nnc1C(F)(F)F. The maximum Gasteiger partial charge on any atom is 0.451 e. The van der Waals surface area contributed by atoms with Gasteiger partial charge < -0.3 is 13.7 Å². The van der Waals surface area contributed by atoms with E-state index < -0.39 is 12.0 Å². The highest BCUT2D eigenvalue weighted by molar-refractivity contribution is 6.17. The van der Waals surface area contributed by atoms with Gasteiger partial charge in [0.2, 0.25) is 5.82 Å². The van der Waals surface area contributed by atoms with Gasteiger partial charge in [-0.15, -0.1) is 65.4 Å². The Kier molecular flexibility index (Phi) is 11.5. The monoisotopic (exact) mass is 531 g/mol. The third kappa shape index (κ3) is 7.82. The molecule has 3 aromatic heterocycles. The Morgan fingerprint density at radius 1 is 0.697 bits per heavy atom. The van der Waals surface area contributed by atoms with Crippen LogP contribution in [0.25, 0.3) is 0 Å². The zero-order chi connectivity index (χ0) is 25.3. The van der Waals surface area contributed by atoms with Crippen LogP contribution in [0.2, 0.25) is 0 Å². The molecule has 0 amide bonds. The van der Waals surface area contributed by atoms with Crippen molar-refractivity contribution in [3.8, 4) is 0 Å². The number of nitrogens with zero attached hydrogens (tertiary/aromatic N) is 9. The van der Waals surface area contributed by atoms with E-state index in [4.69, 9.17) is 34.8 Å². The van der Waals surface area contributed by atoms with Crippen molar-refractivity contribution < 1.29 is 13.2 Å². The van der Waals surface area contributed by atoms with Gasteiger partial charge in [0, 0.05) is 33.5 Å². The molecule has 0 spiro atoms. The Morgan fingerprint density at radius 2 is 1.12 bits per heavy atom. The van der Waals surface area contributed by atoms with Crippen molar-refractivity contribution in [2.45, 2.75) is 56.9 Å². The molecule has 0 saturated heterocycles. The van der Waals surface area contributed by atoms with Crippen molar-refractivity contribution in [3.63, 3.8) is 0 Å². The average molecular weight is 533 g/mol. The van der Waals surface area contributed by atoms with Gasteiger partial charge in [0.05, 0.1) is 17.6 Å². The Morgan fingerprint density at radius 3 is 1.39 bits per heavy atom. The minimum Gasteiger partial charge on any atom is -0.317 e. The summed E-state index contributed by atoms with van der Waals surface area (Å²) in [6.45, 7) is 6.21. The molecular weight excluding hydrogens is 506 g/mol. The fourth-order valence-electron chi connectivity index (χ4n) is 2.54. The van der Waals surface area contributed by atoms with Crippen LogP contribution in [0, 0.1) is 0 Å². The molecule has 0 bridgehead atoms. The Labute approximate surface area is 205 Å². The molecule has 0 aliphatic carbocycles. The minimum absolute atomic E-state index is 0.0837. The fourth-order valence-corrected chi connectivity index (χ4v) is 3.24. The molecule has 0 aliphatic rings. The van der Waals surface area contributed by atoms with Crippen LogP contribution in [0.3, 0.4) is 0 Å². The predicted octanol–water partition coefficient (Wildman–Crippen LogP) is 4.37. The van der Waals surface area contributed by atoms with E-state index in [2.05, 4.69) is 44.4 Å². The number of halogens is 6. The van der Waals surface area contributed by atoms with Crippen molar-refractivity contribution in [2.24, 2.45) is 21.1 Å². The molecule has 15 heteroatoms. The molecule has 0 aliphatic heterocycles. The highest BCUT2D eigenvalue weighted by Gasteiger charge is 2.37. The highest BCUT2D eigenvalue weighted by Crippen LogP contribution is 2.27. The third-order valence-corrected chi connectivity index (χ3v) is 5.18. The summed E-state index contributed by atoms with van der Waals surface area (Å²) >= 11 is 16.5. The number of hydrogen-bond acceptors (Lipinski definition) is 6. The first kappa shape index (κ1) is 29.1. The van der Waals surface area contributed by atoms with E-state index in [1.54, 1.807) is 0 Å². The number of aryl methyl sites for hydroxylation is 1. The largest absolute Gasteiger partial charge is 0.451 e. The zero-order valence-electron chi connectivity index (χ0n) is 19.2. The lowest BCUT2D eigenvalue weighted by Crippen LogP contribution is -2.13. The second-order valence-electron chi connectivity index (χ2n) is 7.03. The van der Waals surface area contributed by atoms with Crippen molar-refractivity contribution >= 4 is 34.8 Å². The Hall–Kier alpha value is -1.92. The molecule has 0 atom stereocenters. The quantitative estimate of drug-likeness (QED) is 0.453. The van der Waals surface area contributed by atoms with Crippen LogP contribution in [0.15, 0.2) is 0 Å². The van der Waals surface area contributed by atoms with Crippen molar-refractivity contribution in [3.05, 3.63) is 34.9 Å². The van der Waals surface area contributed by atoms with Crippen LogP contribution >= 0.6 is 34.8 Å². The molecule has 3 rings (SSSR count). The Balaban J connectivity index is 0.000000249. The average Bonchev–Trinajstić information content (AvgIpc) is 3.44. The lowest BCUT2D eigenvalue weighted by Gasteiger charge is -2.04. The molecule has 3 aromatic rings. The van der Waals surface area contributed by atoms with Crippen LogP contribution in [-0.4, -0.2) is 44.3 Å². The molecular formula is C18H27Cl3F3N9. The van der Waals surface area contributed by atoms with Gasteiger partial charge in [-0.3, -0.25) is 0 Å². The van der Waals surface area contributed by atoms with E-state index in [-0.39, 0.29) is 11.7 Å². The predicted molar refractivity (Wildman–Crippen MR) is 120 cm³/mol. The first-order chi connectivity index (χ1) is 15.4. The molecule has 0 fully saturated rings. The van der Waals surface area contributed by atoms with Gasteiger partial charge in [-0.05, 0) is 0 Å². The summed E-state index contributed by atoms with van der Waals surface area (Å²) in [7, 11) is 5.09. The lowest BCUT2D eigenvalue weighted by molar-refractivity contribution is -0.147. The van der Waals surface area contributed by atoms with E-state index >= 15 is 0 Å². The summed E-state index contributed by atoms with van der Waals surface area (Å²) in [5.41, 5.74) is 0. The van der Waals surface area contributed by atoms with Crippen LogP contribution in [-0.2, 0) is 51.4 Å². The van der Waals surface area contributed by atoms with Gasteiger partial charge in [0.1, 0.15) is 29.1 Å². The lowest BCUT2D eigenvalue weighted by atomic mass is 10.2. The zero-order valence-corrected chi connectivity index (χ0v) is 21.5. The van der Waals surface area contributed by atoms with Crippen molar-refractivity contribution in [1.82, 2.24) is 44.3 Å². The molecule has 33 heavy (non-hydrogen) atoms. The summed E-state index contributed by atoms with van der Waals surface area (Å²) in [6.07, 6.45) is -3.56. The second-order valence-corrected chi connectivity index (χ2v) is 7.83. The topological polar surface area (TPSA) is 92.1 Å².